The summed E-state index contributed by atoms with van der Waals surface area (Å²) < 4.78 is 5.23. The first kappa shape index (κ1) is 14.2. The van der Waals surface area contributed by atoms with Crippen molar-refractivity contribution in [2.24, 2.45) is 0 Å². The molecule has 0 saturated heterocycles. The van der Waals surface area contributed by atoms with E-state index >= 15 is 0 Å². The number of rotatable bonds is 6. The summed E-state index contributed by atoms with van der Waals surface area (Å²) in [4.78, 5) is 20.8. The molecule has 0 bridgehead atoms. The van der Waals surface area contributed by atoms with Crippen molar-refractivity contribution in [2.75, 3.05) is 0 Å². The van der Waals surface area contributed by atoms with Crippen LogP contribution in [-0.4, -0.2) is 22.1 Å². The van der Waals surface area contributed by atoms with Gasteiger partial charge in [0.25, 0.3) is 5.69 Å². The van der Waals surface area contributed by atoms with Crippen LogP contribution in [0.25, 0.3) is 0 Å². The SMILES string of the molecule is CCCC(Oc1ccc([N+](=O)[O-])c(Cl)c1)C(=O)O. The highest BCUT2D eigenvalue weighted by Crippen LogP contribution is 2.29. The Labute approximate surface area is 108 Å². The van der Waals surface area contributed by atoms with Crippen molar-refractivity contribution in [2.45, 2.75) is 25.9 Å². The first-order valence-corrected chi connectivity index (χ1v) is 5.67. The van der Waals surface area contributed by atoms with Gasteiger partial charge < -0.3 is 9.84 Å². The molecule has 0 aliphatic carbocycles. The highest BCUT2D eigenvalue weighted by molar-refractivity contribution is 6.32. The van der Waals surface area contributed by atoms with E-state index in [4.69, 9.17) is 21.4 Å². The van der Waals surface area contributed by atoms with Crippen molar-refractivity contribution in [1.82, 2.24) is 0 Å². The number of aliphatic carboxylic acids is 1. The van der Waals surface area contributed by atoms with E-state index in [9.17, 15) is 14.9 Å². The zero-order valence-corrected chi connectivity index (χ0v) is 10.4. The Balaban J connectivity index is 2.88. The Morgan fingerprint density at radius 2 is 2.28 bits per heavy atom. The second kappa shape index (κ2) is 6.20. The minimum Gasteiger partial charge on any atom is -0.479 e. The Morgan fingerprint density at radius 3 is 2.72 bits per heavy atom. The minimum absolute atomic E-state index is 0.0851. The maximum atomic E-state index is 10.9. The Morgan fingerprint density at radius 1 is 1.61 bits per heavy atom. The van der Waals surface area contributed by atoms with Crippen LogP contribution in [0.3, 0.4) is 0 Å². The highest BCUT2D eigenvalue weighted by atomic mass is 35.5. The van der Waals surface area contributed by atoms with E-state index in [1.165, 1.54) is 18.2 Å². The maximum Gasteiger partial charge on any atom is 0.344 e. The van der Waals surface area contributed by atoms with Crippen LogP contribution < -0.4 is 4.74 Å². The summed E-state index contributed by atoms with van der Waals surface area (Å²) in [6.45, 7) is 1.84. The van der Waals surface area contributed by atoms with Crippen LogP contribution in [0, 0.1) is 10.1 Å². The summed E-state index contributed by atoms with van der Waals surface area (Å²) in [6.07, 6.45) is 0.0225. The van der Waals surface area contributed by atoms with E-state index in [0.717, 1.165) is 0 Å². The van der Waals surface area contributed by atoms with E-state index in [0.29, 0.717) is 12.8 Å². The fraction of sp³-hybridized carbons (Fsp3) is 0.364. The molecule has 98 valence electrons. The van der Waals surface area contributed by atoms with Crippen LogP contribution >= 0.6 is 11.6 Å². The van der Waals surface area contributed by atoms with Crippen molar-refractivity contribution in [3.63, 3.8) is 0 Å². The summed E-state index contributed by atoms with van der Waals surface area (Å²) in [5.41, 5.74) is -0.244. The number of ether oxygens (including phenoxy) is 1. The Bertz CT molecular complexity index is 463. The number of carbonyl (C=O) groups is 1. The maximum absolute atomic E-state index is 10.9. The summed E-state index contributed by atoms with van der Waals surface area (Å²) in [6, 6.07) is 3.75. The van der Waals surface area contributed by atoms with Crippen LogP contribution in [0.5, 0.6) is 5.75 Å². The van der Waals surface area contributed by atoms with Crippen molar-refractivity contribution in [3.05, 3.63) is 33.3 Å². The van der Waals surface area contributed by atoms with Crippen LogP contribution in [0.4, 0.5) is 5.69 Å². The molecule has 0 aromatic heterocycles. The first-order valence-electron chi connectivity index (χ1n) is 5.29. The number of hydrogen-bond donors (Lipinski definition) is 1. The number of benzene rings is 1. The number of nitrogens with zero attached hydrogens (tertiary/aromatic N) is 1. The predicted octanol–water partition coefficient (Wildman–Crippen LogP) is 2.88. The number of nitro benzene ring substituents is 1. The van der Waals surface area contributed by atoms with Crippen LogP contribution in [0.2, 0.25) is 5.02 Å². The zero-order chi connectivity index (χ0) is 13.7. The van der Waals surface area contributed by atoms with E-state index < -0.39 is 17.0 Å². The number of hydrogen-bond acceptors (Lipinski definition) is 4. The second-order valence-electron chi connectivity index (χ2n) is 3.60. The van der Waals surface area contributed by atoms with Gasteiger partial charge in [-0.2, -0.15) is 0 Å². The molecule has 0 heterocycles. The summed E-state index contributed by atoms with van der Waals surface area (Å²) in [5, 5.41) is 19.4. The third-order valence-corrected chi connectivity index (χ3v) is 2.52. The van der Waals surface area contributed by atoms with Gasteiger partial charge >= 0.3 is 5.97 Å². The molecular weight excluding hydrogens is 262 g/mol. The average Bonchev–Trinajstić information content (AvgIpc) is 2.27. The second-order valence-corrected chi connectivity index (χ2v) is 4.01. The molecule has 0 fully saturated rings. The third-order valence-electron chi connectivity index (χ3n) is 2.22. The van der Waals surface area contributed by atoms with Gasteiger partial charge in [-0.15, -0.1) is 0 Å². The van der Waals surface area contributed by atoms with Crippen molar-refractivity contribution in [3.8, 4) is 5.75 Å². The van der Waals surface area contributed by atoms with Crippen molar-refractivity contribution < 1.29 is 19.6 Å². The van der Waals surface area contributed by atoms with Crippen LogP contribution in [0.1, 0.15) is 19.8 Å². The van der Waals surface area contributed by atoms with Crippen molar-refractivity contribution in [1.29, 1.82) is 0 Å². The van der Waals surface area contributed by atoms with Gasteiger partial charge in [-0.1, -0.05) is 24.9 Å². The Hall–Kier alpha value is -1.82. The predicted molar refractivity (Wildman–Crippen MR) is 65.1 cm³/mol. The van der Waals surface area contributed by atoms with Gasteiger partial charge in [0.1, 0.15) is 10.8 Å². The van der Waals surface area contributed by atoms with Gasteiger partial charge in [0, 0.05) is 12.1 Å². The number of nitro groups is 1. The largest absolute Gasteiger partial charge is 0.479 e. The lowest BCUT2D eigenvalue weighted by molar-refractivity contribution is -0.384. The molecule has 18 heavy (non-hydrogen) atoms. The topological polar surface area (TPSA) is 89.7 Å². The number of carboxylic acids is 1. The normalized spacial score (nSPS) is 11.9. The summed E-state index contributed by atoms with van der Waals surface area (Å²) in [5.74, 6) is -0.877. The standard InChI is InChI=1S/C11H12ClNO5/c1-2-3-10(11(14)15)18-7-4-5-9(13(16)17)8(12)6-7/h4-6,10H,2-3H2,1H3,(H,14,15). The monoisotopic (exact) mass is 273 g/mol. The van der Waals surface area contributed by atoms with E-state index in [-0.39, 0.29) is 16.5 Å². The molecule has 7 heteroatoms. The lowest BCUT2D eigenvalue weighted by Gasteiger charge is -2.14. The molecular formula is C11H12ClNO5. The zero-order valence-electron chi connectivity index (χ0n) is 9.63. The van der Waals surface area contributed by atoms with E-state index in [1.807, 2.05) is 6.92 Å². The highest BCUT2D eigenvalue weighted by Gasteiger charge is 2.20. The molecule has 1 unspecified atom stereocenters. The van der Waals surface area contributed by atoms with Crippen LogP contribution in [0.15, 0.2) is 18.2 Å². The molecule has 0 radical (unpaired) electrons. The fourth-order valence-electron chi connectivity index (χ4n) is 1.37. The molecule has 0 aliphatic heterocycles. The lowest BCUT2D eigenvalue weighted by atomic mass is 10.2. The quantitative estimate of drug-likeness (QED) is 0.636. The van der Waals surface area contributed by atoms with Gasteiger partial charge in [0.2, 0.25) is 0 Å². The van der Waals surface area contributed by atoms with Gasteiger partial charge in [-0.3, -0.25) is 10.1 Å². The smallest absolute Gasteiger partial charge is 0.344 e. The van der Waals surface area contributed by atoms with Gasteiger partial charge in [-0.05, 0) is 12.5 Å². The number of halogens is 1. The molecule has 1 aromatic rings. The third kappa shape index (κ3) is 3.59. The van der Waals surface area contributed by atoms with Crippen LogP contribution in [-0.2, 0) is 4.79 Å². The van der Waals surface area contributed by atoms with E-state index in [2.05, 4.69) is 0 Å². The lowest BCUT2D eigenvalue weighted by Crippen LogP contribution is -2.26. The van der Waals surface area contributed by atoms with E-state index in [1.54, 1.807) is 0 Å². The minimum atomic E-state index is -1.08. The molecule has 1 aromatic carbocycles. The molecule has 6 nitrogen and oxygen atoms in total. The molecule has 0 spiro atoms. The molecule has 1 N–H and O–H groups in total. The Kier molecular flexibility index (Phi) is 4.91. The molecule has 1 atom stereocenters. The number of carboxylic acid groups (broad SMARTS) is 1. The van der Waals surface area contributed by atoms with Gasteiger partial charge in [0.15, 0.2) is 6.10 Å². The first-order chi connectivity index (χ1) is 8.45. The summed E-state index contributed by atoms with van der Waals surface area (Å²) >= 11 is 5.70. The van der Waals surface area contributed by atoms with Crippen molar-refractivity contribution >= 4 is 23.3 Å². The molecule has 1 rings (SSSR count). The van der Waals surface area contributed by atoms with Gasteiger partial charge in [-0.25, -0.2) is 4.79 Å². The average molecular weight is 274 g/mol. The fourth-order valence-corrected chi connectivity index (χ4v) is 1.61. The molecule has 0 saturated carbocycles. The molecule has 0 aliphatic rings. The summed E-state index contributed by atoms with van der Waals surface area (Å²) in [7, 11) is 0. The van der Waals surface area contributed by atoms with Gasteiger partial charge in [0.05, 0.1) is 4.92 Å². The molecule has 0 amide bonds.